The number of hydrogen-bond donors (Lipinski definition) is 6. The van der Waals surface area contributed by atoms with Crippen molar-refractivity contribution in [3.05, 3.63) is 118 Å². The summed E-state index contributed by atoms with van der Waals surface area (Å²) >= 11 is 0. The summed E-state index contributed by atoms with van der Waals surface area (Å²) in [4.78, 5) is 75.3. The Hall–Kier alpha value is -6.30. The minimum Gasteiger partial charge on any atom is -0.478 e. The number of carboxylic acid groups (broad SMARTS) is 2. The highest BCUT2D eigenvalue weighted by atomic mass is 16.4. The summed E-state index contributed by atoms with van der Waals surface area (Å²) in [6.45, 7) is 10.6. The van der Waals surface area contributed by atoms with E-state index in [4.69, 9.17) is 0 Å². The van der Waals surface area contributed by atoms with Gasteiger partial charge in [0.25, 0.3) is 11.8 Å². The SMILES string of the molecule is CC(C)(C)C(=O)Nc1cccc(C(=O)Nc2ccc(Cc3ccc(NC(=O)c4cccc(NC(=O)C(C)(C)C)c4)c(C(=O)O)c3)cc2C(=O)O)c1. The summed E-state index contributed by atoms with van der Waals surface area (Å²) in [6.07, 6.45) is 0.147. The number of carboxylic acids is 2. The van der Waals surface area contributed by atoms with Crippen LogP contribution in [-0.4, -0.2) is 45.8 Å². The first-order valence-corrected chi connectivity index (χ1v) is 16.0. The van der Waals surface area contributed by atoms with Crippen molar-refractivity contribution in [2.75, 3.05) is 21.3 Å². The molecule has 4 rings (SSSR count). The lowest BCUT2D eigenvalue weighted by atomic mass is 9.95. The molecule has 0 aliphatic rings. The van der Waals surface area contributed by atoms with Gasteiger partial charge < -0.3 is 31.5 Å². The predicted molar refractivity (Wildman–Crippen MR) is 195 cm³/mol. The van der Waals surface area contributed by atoms with E-state index in [-0.39, 0.29) is 51.9 Å². The summed E-state index contributed by atoms with van der Waals surface area (Å²) in [5, 5.41) is 30.7. The summed E-state index contributed by atoms with van der Waals surface area (Å²) in [5.41, 5.74) is 0.735. The Labute approximate surface area is 295 Å². The second-order valence-electron chi connectivity index (χ2n) is 14.0. The van der Waals surface area contributed by atoms with Gasteiger partial charge in [-0.2, -0.15) is 0 Å². The average molecular weight is 693 g/mol. The quantitative estimate of drug-likeness (QED) is 0.101. The molecule has 0 fully saturated rings. The van der Waals surface area contributed by atoms with Crippen LogP contribution in [0, 0.1) is 10.8 Å². The number of anilines is 4. The first-order valence-electron chi connectivity index (χ1n) is 16.0. The van der Waals surface area contributed by atoms with Crippen LogP contribution in [0.4, 0.5) is 22.7 Å². The Morgan fingerprint density at radius 2 is 0.882 bits per heavy atom. The zero-order valence-corrected chi connectivity index (χ0v) is 29.1. The van der Waals surface area contributed by atoms with E-state index in [1.165, 1.54) is 48.5 Å². The molecule has 6 N–H and O–H groups in total. The zero-order valence-electron chi connectivity index (χ0n) is 29.1. The van der Waals surface area contributed by atoms with E-state index in [1.807, 2.05) is 0 Å². The Balaban J connectivity index is 1.50. The number of benzene rings is 4. The van der Waals surface area contributed by atoms with Crippen LogP contribution in [-0.2, 0) is 16.0 Å². The molecule has 0 saturated carbocycles. The zero-order chi connectivity index (χ0) is 37.7. The fraction of sp³-hybridized carbons (Fsp3) is 0.231. The fourth-order valence-electron chi connectivity index (χ4n) is 4.71. The molecule has 0 spiro atoms. The van der Waals surface area contributed by atoms with Crippen molar-refractivity contribution in [3.63, 3.8) is 0 Å². The maximum absolute atomic E-state index is 13.1. The molecule has 0 bridgehead atoms. The van der Waals surface area contributed by atoms with Gasteiger partial charge in [0.2, 0.25) is 11.8 Å². The predicted octanol–water partition coefficient (Wildman–Crippen LogP) is 7.15. The Kier molecular flexibility index (Phi) is 11.1. The standard InChI is InChI=1S/C39H40N4O8/c1-38(2,3)36(50)40-26-11-7-9-24(20-26)32(44)42-30-15-13-22(18-28(30)34(46)47)17-23-14-16-31(29(19-23)35(48)49)43-33(45)25-10-8-12-27(21-25)41-37(51)39(4,5)6/h7-16,18-21H,17H2,1-6H3,(H,40,50)(H,41,51)(H,42,44)(H,43,45)(H,46,47)(H,48,49). The highest BCUT2D eigenvalue weighted by molar-refractivity contribution is 6.10. The van der Waals surface area contributed by atoms with Crippen molar-refractivity contribution in [1.29, 1.82) is 0 Å². The van der Waals surface area contributed by atoms with E-state index in [0.29, 0.717) is 22.5 Å². The van der Waals surface area contributed by atoms with Crippen molar-refractivity contribution < 1.29 is 39.0 Å². The molecule has 12 heteroatoms. The van der Waals surface area contributed by atoms with Crippen molar-refractivity contribution in [2.24, 2.45) is 10.8 Å². The second kappa shape index (κ2) is 15.1. The molecular formula is C39H40N4O8. The van der Waals surface area contributed by atoms with Crippen LogP contribution in [0.5, 0.6) is 0 Å². The van der Waals surface area contributed by atoms with Gasteiger partial charge in [-0.05, 0) is 78.2 Å². The van der Waals surface area contributed by atoms with Gasteiger partial charge in [-0.15, -0.1) is 0 Å². The second-order valence-corrected chi connectivity index (χ2v) is 14.0. The molecule has 0 saturated heterocycles. The Bertz CT molecular complexity index is 1890. The molecule has 0 radical (unpaired) electrons. The Morgan fingerprint density at radius 1 is 0.510 bits per heavy atom. The van der Waals surface area contributed by atoms with Crippen LogP contribution in [0.2, 0.25) is 0 Å². The molecule has 0 heterocycles. The van der Waals surface area contributed by atoms with Crippen LogP contribution in [0.25, 0.3) is 0 Å². The monoisotopic (exact) mass is 692 g/mol. The number of amides is 4. The number of aromatic carboxylic acids is 2. The van der Waals surface area contributed by atoms with E-state index >= 15 is 0 Å². The maximum Gasteiger partial charge on any atom is 0.337 e. The number of rotatable bonds is 10. The maximum atomic E-state index is 13.1. The van der Waals surface area contributed by atoms with Gasteiger partial charge in [-0.3, -0.25) is 19.2 Å². The number of carbonyl (C=O) groups excluding carboxylic acids is 4. The van der Waals surface area contributed by atoms with E-state index in [0.717, 1.165) is 0 Å². The lowest BCUT2D eigenvalue weighted by Gasteiger charge is -2.18. The number of hydrogen-bond acceptors (Lipinski definition) is 6. The fourth-order valence-corrected chi connectivity index (χ4v) is 4.71. The largest absolute Gasteiger partial charge is 0.478 e. The van der Waals surface area contributed by atoms with Crippen LogP contribution in [0.3, 0.4) is 0 Å². The molecule has 12 nitrogen and oxygen atoms in total. The molecule has 0 unspecified atom stereocenters. The molecule has 0 aliphatic heterocycles. The highest BCUT2D eigenvalue weighted by Gasteiger charge is 2.23. The molecular weight excluding hydrogens is 652 g/mol. The minimum atomic E-state index is -1.29. The van der Waals surface area contributed by atoms with E-state index in [2.05, 4.69) is 21.3 Å². The van der Waals surface area contributed by atoms with E-state index in [1.54, 1.807) is 77.9 Å². The third kappa shape index (κ3) is 9.88. The number of carbonyl (C=O) groups is 6. The first kappa shape index (κ1) is 37.5. The third-order valence-electron chi connectivity index (χ3n) is 7.66. The topological polar surface area (TPSA) is 191 Å². The molecule has 4 aromatic carbocycles. The first-order chi connectivity index (χ1) is 23.8. The van der Waals surface area contributed by atoms with Crippen LogP contribution >= 0.6 is 0 Å². The summed E-state index contributed by atoms with van der Waals surface area (Å²) in [6, 6.07) is 21.4. The van der Waals surface area contributed by atoms with Gasteiger partial charge in [0.05, 0.1) is 22.5 Å². The van der Waals surface area contributed by atoms with Gasteiger partial charge >= 0.3 is 11.9 Å². The third-order valence-corrected chi connectivity index (χ3v) is 7.66. The van der Waals surface area contributed by atoms with Crippen molar-refractivity contribution >= 4 is 58.3 Å². The van der Waals surface area contributed by atoms with E-state index in [9.17, 15) is 39.0 Å². The Morgan fingerprint density at radius 3 is 1.22 bits per heavy atom. The minimum absolute atomic E-state index is 0.0479. The van der Waals surface area contributed by atoms with E-state index < -0.39 is 34.6 Å². The van der Waals surface area contributed by atoms with Gasteiger partial charge in [0.15, 0.2) is 0 Å². The summed E-state index contributed by atoms with van der Waals surface area (Å²) in [5.74, 6) is -4.20. The summed E-state index contributed by atoms with van der Waals surface area (Å²) in [7, 11) is 0. The van der Waals surface area contributed by atoms with Gasteiger partial charge in [-0.25, -0.2) is 9.59 Å². The molecule has 264 valence electrons. The van der Waals surface area contributed by atoms with Crippen LogP contribution < -0.4 is 21.3 Å². The average Bonchev–Trinajstić information content (AvgIpc) is 3.05. The highest BCUT2D eigenvalue weighted by Crippen LogP contribution is 2.26. The lowest BCUT2D eigenvalue weighted by Crippen LogP contribution is -2.27. The molecule has 4 aromatic rings. The van der Waals surface area contributed by atoms with Crippen molar-refractivity contribution in [1.82, 2.24) is 0 Å². The van der Waals surface area contributed by atoms with Crippen molar-refractivity contribution in [2.45, 2.75) is 48.0 Å². The lowest BCUT2D eigenvalue weighted by molar-refractivity contribution is -0.123. The smallest absolute Gasteiger partial charge is 0.337 e. The number of nitrogens with one attached hydrogen (secondary N) is 4. The molecule has 4 amide bonds. The van der Waals surface area contributed by atoms with Crippen LogP contribution in [0.1, 0.15) is 94.1 Å². The normalized spacial score (nSPS) is 11.3. The van der Waals surface area contributed by atoms with Gasteiger partial charge in [-0.1, -0.05) is 65.8 Å². The van der Waals surface area contributed by atoms with Crippen molar-refractivity contribution in [3.8, 4) is 0 Å². The molecule has 0 atom stereocenters. The summed E-state index contributed by atoms with van der Waals surface area (Å²) < 4.78 is 0. The molecule has 0 aromatic heterocycles. The molecule has 51 heavy (non-hydrogen) atoms. The van der Waals surface area contributed by atoms with Gasteiger partial charge in [0, 0.05) is 33.3 Å². The van der Waals surface area contributed by atoms with Gasteiger partial charge in [0.1, 0.15) is 0 Å². The van der Waals surface area contributed by atoms with Crippen LogP contribution in [0.15, 0.2) is 84.9 Å². The molecule has 0 aliphatic carbocycles.